The lowest BCUT2D eigenvalue weighted by Crippen LogP contribution is -2.16. The number of carbonyl (C=O) groups excluding carboxylic acids is 2. The van der Waals surface area contributed by atoms with Crippen molar-refractivity contribution < 1.29 is 9.59 Å². The van der Waals surface area contributed by atoms with Crippen LogP contribution in [0, 0.1) is 13.8 Å². The Hall–Kier alpha value is -2.56. The van der Waals surface area contributed by atoms with Crippen LogP contribution in [0.2, 0.25) is 0 Å². The minimum absolute atomic E-state index is 0.241. The molecule has 0 unspecified atom stereocenters. The van der Waals surface area contributed by atoms with Crippen molar-refractivity contribution in [1.82, 2.24) is 4.57 Å². The molecule has 2 aromatic rings. The Kier molecular flexibility index (Phi) is 3.67. The Bertz CT molecular complexity index is 891. The number of primary amides is 1. The van der Waals surface area contributed by atoms with E-state index >= 15 is 0 Å². The molecule has 4 rings (SSSR count). The number of rotatable bonds is 4. The molecular formula is C20H23N3O2. The molecule has 130 valence electrons. The Morgan fingerprint density at radius 3 is 2.68 bits per heavy atom. The Morgan fingerprint density at radius 1 is 1.24 bits per heavy atom. The predicted molar refractivity (Wildman–Crippen MR) is 97.7 cm³/mol. The molecule has 5 heteroatoms. The third kappa shape index (κ3) is 2.64. The quantitative estimate of drug-likeness (QED) is 0.899. The van der Waals surface area contributed by atoms with Gasteiger partial charge in [0.15, 0.2) is 5.78 Å². The van der Waals surface area contributed by atoms with Gasteiger partial charge in [0.2, 0.25) is 0 Å². The van der Waals surface area contributed by atoms with Crippen LogP contribution in [0.25, 0.3) is 5.69 Å². The molecule has 0 atom stereocenters. The van der Waals surface area contributed by atoms with E-state index in [0.29, 0.717) is 18.0 Å². The maximum atomic E-state index is 12.4. The molecule has 0 aliphatic heterocycles. The lowest BCUT2D eigenvalue weighted by atomic mass is 9.94. The highest BCUT2D eigenvalue weighted by molar-refractivity contribution is 6.01. The molecule has 1 amide bonds. The lowest BCUT2D eigenvalue weighted by molar-refractivity contribution is 0.0969. The molecular weight excluding hydrogens is 314 g/mol. The van der Waals surface area contributed by atoms with Crippen LogP contribution in [0.3, 0.4) is 0 Å². The van der Waals surface area contributed by atoms with E-state index in [0.717, 1.165) is 59.6 Å². The number of hydrogen-bond acceptors (Lipinski definition) is 3. The third-order valence-corrected chi connectivity index (χ3v) is 5.37. The van der Waals surface area contributed by atoms with Gasteiger partial charge in [-0.05, 0) is 63.3 Å². The fraction of sp³-hybridized carbons (Fsp3) is 0.400. The summed E-state index contributed by atoms with van der Waals surface area (Å²) in [5, 5.41) is 3.41. The van der Waals surface area contributed by atoms with Gasteiger partial charge in [-0.25, -0.2) is 0 Å². The second kappa shape index (κ2) is 5.76. The minimum Gasteiger partial charge on any atom is -0.382 e. The lowest BCUT2D eigenvalue weighted by Gasteiger charge is -2.18. The molecule has 1 aromatic heterocycles. The summed E-state index contributed by atoms with van der Waals surface area (Å²) in [6.07, 6.45) is 4.66. The third-order valence-electron chi connectivity index (χ3n) is 5.37. The van der Waals surface area contributed by atoms with E-state index in [4.69, 9.17) is 5.73 Å². The molecule has 1 aromatic carbocycles. The van der Waals surface area contributed by atoms with Gasteiger partial charge in [-0.15, -0.1) is 0 Å². The van der Waals surface area contributed by atoms with E-state index in [2.05, 4.69) is 16.8 Å². The molecule has 1 fully saturated rings. The molecule has 0 spiro atoms. The van der Waals surface area contributed by atoms with Crippen LogP contribution in [-0.2, 0) is 6.42 Å². The van der Waals surface area contributed by atoms with Gasteiger partial charge in [0.25, 0.3) is 5.91 Å². The number of carbonyl (C=O) groups is 2. The summed E-state index contributed by atoms with van der Waals surface area (Å²) in [7, 11) is 0. The second-order valence-electron chi connectivity index (χ2n) is 7.16. The zero-order chi connectivity index (χ0) is 17.7. The number of Topliss-reactive ketones (excluding diaryl/α,β-unsaturated/α-hetero) is 1. The summed E-state index contributed by atoms with van der Waals surface area (Å²) < 4.78 is 2.17. The first kappa shape index (κ1) is 15.9. The normalized spacial score (nSPS) is 16.6. The molecule has 0 bridgehead atoms. The van der Waals surface area contributed by atoms with Crippen LogP contribution < -0.4 is 11.1 Å². The maximum absolute atomic E-state index is 12.4. The van der Waals surface area contributed by atoms with Crippen molar-refractivity contribution in [3.63, 3.8) is 0 Å². The summed E-state index contributed by atoms with van der Waals surface area (Å²) >= 11 is 0. The van der Waals surface area contributed by atoms with E-state index in [1.54, 1.807) is 6.07 Å². The van der Waals surface area contributed by atoms with Gasteiger partial charge in [0.1, 0.15) is 0 Å². The molecule has 1 heterocycles. The highest BCUT2D eigenvalue weighted by Crippen LogP contribution is 2.34. The minimum atomic E-state index is -0.424. The molecule has 25 heavy (non-hydrogen) atoms. The summed E-state index contributed by atoms with van der Waals surface area (Å²) in [6, 6.07) is 6.12. The average Bonchev–Trinajstić information content (AvgIpc) is 3.34. The molecule has 3 N–H and O–H groups in total. The first-order chi connectivity index (χ1) is 12.0. The van der Waals surface area contributed by atoms with Crippen LogP contribution in [0.5, 0.6) is 0 Å². The summed E-state index contributed by atoms with van der Waals surface area (Å²) in [5.74, 6) is -0.182. The number of hydrogen-bond donors (Lipinski definition) is 2. The Labute approximate surface area is 147 Å². The second-order valence-corrected chi connectivity index (χ2v) is 7.16. The zero-order valence-corrected chi connectivity index (χ0v) is 14.7. The molecule has 0 radical (unpaired) electrons. The summed E-state index contributed by atoms with van der Waals surface area (Å²) in [5.41, 5.74) is 11.9. The number of benzene rings is 1. The average molecular weight is 337 g/mol. The summed E-state index contributed by atoms with van der Waals surface area (Å²) in [4.78, 5) is 24.1. The number of nitrogens with one attached hydrogen (secondary N) is 1. The van der Waals surface area contributed by atoms with E-state index in [9.17, 15) is 9.59 Å². The fourth-order valence-electron chi connectivity index (χ4n) is 3.83. The predicted octanol–water partition coefficient (Wildman–Crippen LogP) is 3.29. The van der Waals surface area contributed by atoms with Crippen molar-refractivity contribution in [2.75, 3.05) is 5.32 Å². The number of nitrogens with zero attached hydrogens (tertiary/aromatic N) is 1. The van der Waals surface area contributed by atoms with Crippen molar-refractivity contribution in [3.05, 3.63) is 46.3 Å². The largest absolute Gasteiger partial charge is 0.382 e. The van der Waals surface area contributed by atoms with E-state index in [1.165, 1.54) is 0 Å². The monoisotopic (exact) mass is 337 g/mol. The first-order valence-electron chi connectivity index (χ1n) is 8.92. The maximum Gasteiger partial charge on any atom is 0.250 e. The zero-order valence-electron chi connectivity index (χ0n) is 14.7. The Morgan fingerprint density at radius 2 is 2.00 bits per heavy atom. The van der Waals surface area contributed by atoms with E-state index < -0.39 is 5.91 Å². The smallest absolute Gasteiger partial charge is 0.250 e. The van der Waals surface area contributed by atoms with Gasteiger partial charge in [-0.1, -0.05) is 0 Å². The van der Waals surface area contributed by atoms with Crippen molar-refractivity contribution in [2.24, 2.45) is 5.73 Å². The molecule has 0 saturated heterocycles. The van der Waals surface area contributed by atoms with Gasteiger partial charge in [0, 0.05) is 40.8 Å². The van der Waals surface area contributed by atoms with Crippen molar-refractivity contribution in [2.45, 2.75) is 52.0 Å². The first-order valence-corrected chi connectivity index (χ1v) is 8.92. The topological polar surface area (TPSA) is 77.1 Å². The van der Waals surface area contributed by atoms with Gasteiger partial charge in [-0.3, -0.25) is 9.59 Å². The molecule has 5 nitrogen and oxygen atoms in total. The highest BCUT2D eigenvalue weighted by atomic mass is 16.1. The van der Waals surface area contributed by atoms with Crippen LogP contribution in [0.1, 0.15) is 63.4 Å². The number of anilines is 1. The summed E-state index contributed by atoms with van der Waals surface area (Å²) in [6.45, 7) is 4.08. The van der Waals surface area contributed by atoms with Gasteiger partial charge in [0.05, 0.1) is 5.56 Å². The fourth-order valence-corrected chi connectivity index (χ4v) is 3.83. The van der Waals surface area contributed by atoms with Crippen LogP contribution in [-0.4, -0.2) is 22.3 Å². The molecule has 2 aliphatic rings. The van der Waals surface area contributed by atoms with Crippen LogP contribution in [0.4, 0.5) is 5.69 Å². The standard InChI is InChI=1S/C20H23N3O2/c1-11-12(2)23(17-4-3-5-18(24)19(11)17)14-8-9-15(20(21)25)16(10-14)22-13-6-7-13/h8-10,13,22H,3-7H2,1-2H3,(H2,21,25). The SMILES string of the molecule is Cc1c2c(n(-c3ccc(C(N)=O)c(NC4CC4)c3)c1C)CCCC2=O. The van der Waals surface area contributed by atoms with Gasteiger partial charge in [-0.2, -0.15) is 0 Å². The number of nitrogens with two attached hydrogens (primary N) is 1. The van der Waals surface area contributed by atoms with Gasteiger partial charge < -0.3 is 15.6 Å². The molecule has 2 aliphatic carbocycles. The van der Waals surface area contributed by atoms with E-state index in [1.807, 2.05) is 19.1 Å². The Balaban J connectivity index is 1.86. The number of ketones is 1. The van der Waals surface area contributed by atoms with Crippen molar-refractivity contribution >= 4 is 17.4 Å². The highest BCUT2D eigenvalue weighted by Gasteiger charge is 2.28. The van der Waals surface area contributed by atoms with E-state index in [-0.39, 0.29) is 5.78 Å². The number of amides is 1. The number of aromatic nitrogens is 1. The van der Waals surface area contributed by atoms with Crippen molar-refractivity contribution in [1.29, 1.82) is 0 Å². The van der Waals surface area contributed by atoms with Crippen molar-refractivity contribution in [3.8, 4) is 5.69 Å². The van der Waals surface area contributed by atoms with Crippen LogP contribution >= 0.6 is 0 Å². The number of fused-ring (bicyclic) bond motifs is 1. The molecule has 1 saturated carbocycles. The van der Waals surface area contributed by atoms with Gasteiger partial charge >= 0.3 is 0 Å². The van der Waals surface area contributed by atoms with Crippen LogP contribution in [0.15, 0.2) is 18.2 Å².